The van der Waals surface area contributed by atoms with Gasteiger partial charge < -0.3 is 10.1 Å². The van der Waals surface area contributed by atoms with Crippen LogP contribution in [0.25, 0.3) is 0 Å². The number of nitro groups is 1. The van der Waals surface area contributed by atoms with Gasteiger partial charge in [-0.3, -0.25) is 10.1 Å². The number of anilines is 1. The van der Waals surface area contributed by atoms with Crippen LogP contribution in [0.3, 0.4) is 0 Å². The average Bonchev–Trinajstić information content (AvgIpc) is 2.59. The molecule has 0 amide bonds. The van der Waals surface area contributed by atoms with Crippen LogP contribution in [-0.4, -0.2) is 31.5 Å². The third-order valence-corrected chi connectivity index (χ3v) is 5.01. The predicted octanol–water partition coefficient (Wildman–Crippen LogP) is 2.30. The molecule has 0 unspecified atom stereocenters. The Bertz CT molecular complexity index is 882. The van der Waals surface area contributed by atoms with Gasteiger partial charge in [-0.05, 0) is 31.5 Å². The zero-order chi connectivity index (χ0) is 19.3. The fourth-order valence-electron chi connectivity index (χ4n) is 2.19. The number of nitrogens with one attached hydrogen (secondary N) is 2. The van der Waals surface area contributed by atoms with E-state index in [9.17, 15) is 18.5 Å². The Kier molecular flexibility index (Phi) is 6.11. The maximum absolute atomic E-state index is 12.2. The van der Waals surface area contributed by atoms with Crippen molar-refractivity contribution >= 4 is 21.4 Å². The molecule has 9 nitrogen and oxygen atoms in total. The summed E-state index contributed by atoms with van der Waals surface area (Å²) in [5, 5.41) is 14.3. The molecule has 140 valence electrons. The van der Waals surface area contributed by atoms with E-state index in [1.54, 1.807) is 32.2 Å². The SMILES string of the molecule is COc1ccc(CNc2ccc(S(=O)(=O)NC(C)C)cc2[N+](=O)[O-])cn1. The lowest BCUT2D eigenvalue weighted by Crippen LogP contribution is -2.30. The largest absolute Gasteiger partial charge is 0.481 e. The molecule has 0 fully saturated rings. The van der Waals surface area contributed by atoms with Gasteiger partial charge in [0.1, 0.15) is 5.69 Å². The van der Waals surface area contributed by atoms with E-state index < -0.39 is 14.9 Å². The first kappa shape index (κ1) is 19.6. The van der Waals surface area contributed by atoms with Gasteiger partial charge in [-0.25, -0.2) is 18.1 Å². The number of pyridine rings is 1. The van der Waals surface area contributed by atoms with E-state index in [-0.39, 0.29) is 28.9 Å². The van der Waals surface area contributed by atoms with Crippen LogP contribution in [0.5, 0.6) is 5.88 Å². The lowest BCUT2D eigenvalue weighted by Gasteiger charge is -2.11. The van der Waals surface area contributed by atoms with Gasteiger partial charge in [-0.1, -0.05) is 6.07 Å². The molecular weight excluding hydrogens is 360 g/mol. The number of sulfonamides is 1. The molecule has 0 saturated carbocycles. The van der Waals surface area contributed by atoms with Crippen molar-refractivity contribution in [3.05, 3.63) is 52.2 Å². The number of methoxy groups -OCH3 is 1. The van der Waals surface area contributed by atoms with Crippen molar-refractivity contribution < 1.29 is 18.1 Å². The number of ether oxygens (including phenoxy) is 1. The van der Waals surface area contributed by atoms with Crippen molar-refractivity contribution in [1.82, 2.24) is 9.71 Å². The molecule has 0 bridgehead atoms. The van der Waals surface area contributed by atoms with Gasteiger partial charge in [-0.2, -0.15) is 0 Å². The Hall–Kier alpha value is -2.72. The van der Waals surface area contributed by atoms with E-state index in [0.29, 0.717) is 5.88 Å². The molecule has 1 aromatic carbocycles. The molecule has 1 aromatic heterocycles. The number of nitro benzene ring substituents is 1. The van der Waals surface area contributed by atoms with E-state index >= 15 is 0 Å². The molecule has 2 aromatic rings. The van der Waals surface area contributed by atoms with Crippen molar-refractivity contribution in [1.29, 1.82) is 0 Å². The highest BCUT2D eigenvalue weighted by Gasteiger charge is 2.22. The third-order valence-electron chi connectivity index (χ3n) is 3.36. The van der Waals surface area contributed by atoms with Gasteiger partial charge in [0, 0.05) is 30.9 Å². The van der Waals surface area contributed by atoms with Crippen LogP contribution in [0.4, 0.5) is 11.4 Å². The molecule has 10 heteroatoms. The fourth-order valence-corrected chi connectivity index (χ4v) is 3.46. The van der Waals surface area contributed by atoms with Crippen molar-refractivity contribution in [2.45, 2.75) is 31.3 Å². The molecule has 26 heavy (non-hydrogen) atoms. The molecule has 0 aliphatic carbocycles. The van der Waals surface area contributed by atoms with Gasteiger partial charge in [0.25, 0.3) is 5.69 Å². The summed E-state index contributed by atoms with van der Waals surface area (Å²) in [7, 11) is -2.31. The number of hydrogen-bond acceptors (Lipinski definition) is 7. The molecule has 0 radical (unpaired) electrons. The first-order valence-electron chi connectivity index (χ1n) is 7.76. The number of nitrogens with zero attached hydrogens (tertiary/aromatic N) is 2. The van der Waals surface area contributed by atoms with Gasteiger partial charge >= 0.3 is 0 Å². The van der Waals surface area contributed by atoms with Crippen LogP contribution >= 0.6 is 0 Å². The molecule has 0 aliphatic rings. The van der Waals surface area contributed by atoms with E-state index in [2.05, 4.69) is 15.0 Å². The number of rotatable bonds is 8. The lowest BCUT2D eigenvalue weighted by molar-refractivity contribution is -0.384. The number of hydrogen-bond donors (Lipinski definition) is 2. The maximum Gasteiger partial charge on any atom is 0.293 e. The van der Waals surface area contributed by atoms with Crippen molar-refractivity contribution in [2.24, 2.45) is 0 Å². The average molecular weight is 380 g/mol. The van der Waals surface area contributed by atoms with E-state index in [1.807, 2.05) is 0 Å². The second kappa shape index (κ2) is 8.11. The molecule has 2 N–H and O–H groups in total. The first-order valence-corrected chi connectivity index (χ1v) is 9.25. The minimum Gasteiger partial charge on any atom is -0.481 e. The molecule has 2 rings (SSSR count). The second-order valence-corrected chi connectivity index (χ2v) is 7.49. The lowest BCUT2D eigenvalue weighted by atomic mass is 10.2. The normalized spacial score (nSPS) is 11.4. The zero-order valence-corrected chi connectivity index (χ0v) is 15.4. The van der Waals surface area contributed by atoms with Crippen molar-refractivity contribution in [2.75, 3.05) is 12.4 Å². The Morgan fingerprint density at radius 2 is 2.00 bits per heavy atom. The molecule has 0 spiro atoms. The zero-order valence-electron chi connectivity index (χ0n) is 14.6. The Morgan fingerprint density at radius 3 is 2.54 bits per heavy atom. The summed E-state index contributed by atoms with van der Waals surface area (Å²) in [5.74, 6) is 0.465. The summed E-state index contributed by atoms with van der Waals surface area (Å²) < 4.78 is 31.8. The highest BCUT2D eigenvalue weighted by molar-refractivity contribution is 7.89. The fraction of sp³-hybridized carbons (Fsp3) is 0.312. The predicted molar refractivity (Wildman–Crippen MR) is 96.7 cm³/mol. The van der Waals surface area contributed by atoms with E-state index in [1.165, 1.54) is 19.2 Å². The first-order chi connectivity index (χ1) is 12.2. The molecule has 0 atom stereocenters. The summed E-state index contributed by atoms with van der Waals surface area (Å²) >= 11 is 0. The van der Waals surface area contributed by atoms with Crippen molar-refractivity contribution in [3.63, 3.8) is 0 Å². The number of aromatic nitrogens is 1. The molecule has 1 heterocycles. The second-order valence-electron chi connectivity index (χ2n) is 5.77. The highest BCUT2D eigenvalue weighted by atomic mass is 32.2. The maximum atomic E-state index is 12.2. The smallest absolute Gasteiger partial charge is 0.293 e. The molecular formula is C16H20N4O5S. The Labute approximate surface area is 151 Å². The van der Waals surface area contributed by atoms with Gasteiger partial charge in [0.05, 0.1) is 16.9 Å². The summed E-state index contributed by atoms with van der Waals surface area (Å²) in [4.78, 5) is 14.6. The minimum absolute atomic E-state index is 0.158. The summed E-state index contributed by atoms with van der Waals surface area (Å²) in [6.45, 7) is 3.63. The Balaban J connectivity index is 2.24. The summed E-state index contributed by atoms with van der Waals surface area (Å²) in [5.41, 5.74) is 0.686. The van der Waals surface area contributed by atoms with Crippen LogP contribution in [0.1, 0.15) is 19.4 Å². The van der Waals surface area contributed by atoms with Crippen molar-refractivity contribution in [3.8, 4) is 5.88 Å². The van der Waals surface area contributed by atoms with E-state index in [4.69, 9.17) is 4.74 Å². The third kappa shape index (κ3) is 4.90. The number of benzene rings is 1. The summed E-state index contributed by atoms with van der Waals surface area (Å²) in [6.07, 6.45) is 1.59. The standard InChI is InChI=1S/C16H20N4O5S/c1-11(2)19-26(23,24)13-5-6-14(15(8-13)20(21)22)17-9-12-4-7-16(25-3)18-10-12/h4-8,10-11,17,19H,9H2,1-3H3. The summed E-state index contributed by atoms with van der Waals surface area (Å²) in [6, 6.07) is 6.88. The van der Waals surface area contributed by atoms with Crippen LogP contribution in [0.15, 0.2) is 41.4 Å². The minimum atomic E-state index is -3.81. The quantitative estimate of drug-likeness (QED) is 0.532. The Morgan fingerprint density at radius 1 is 1.27 bits per heavy atom. The van der Waals surface area contributed by atoms with Crippen LogP contribution in [-0.2, 0) is 16.6 Å². The van der Waals surface area contributed by atoms with Crippen LogP contribution in [0, 0.1) is 10.1 Å². The van der Waals surface area contributed by atoms with E-state index in [0.717, 1.165) is 11.6 Å². The van der Waals surface area contributed by atoms with Crippen LogP contribution < -0.4 is 14.8 Å². The van der Waals surface area contributed by atoms with Gasteiger partial charge in [0.15, 0.2) is 0 Å². The van der Waals surface area contributed by atoms with Crippen LogP contribution in [0.2, 0.25) is 0 Å². The van der Waals surface area contributed by atoms with Gasteiger partial charge in [-0.15, -0.1) is 0 Å². The van der Waals surface area contributed by atoms with Gasteiger partial charge in [0.2, 0.25) is 15.9 Å². The molecule has 0 saturated heterocycles. The monoisotopic (exact) mass is 380 g/mol. The highest BCUT2D eigenvalue weighted by Crippen LogP contribution is 2.28. The molecule has 0 aliphatic heterocycles. The topological polar surface area (TPSA) is 123 Å².